The summed E-state index contributed by atoms with van der Waals surface area (Å²) in [4.78, 5) is 24.0. The summed E-state index contributed by atoms with van der Waals surface area (Å²) in [5, 5.41) is 16.3. The van der Waals surface area contributed by atoms with Crippen molar-refractivity contribution in [2.24, 2.45) is 5.92 Å². The third-order valence-corrected chi connectivity index (χ3v) is 3.25. The maximum absolute atomic E-state index is 12.3. The zero-order chi connectivity index (χ0) is 16.8. The zero-order valence-corrected chi connectivity index (χ0v) is 13.2. The van der Waals surface area contributed by atoms with Crippen molar-refractivity contribution in [2.75, 3.05) is 7.11 Å². The number of nitrogens with one attached hydrogen (secondary N) is 2. The fraction of sp³-hybridized carbons (Fsp3) is 0.400. The molecule has 0 saturated carbocycles. The molecule has 1 aromatic heterocycles. The standard InChI is InChI=1S/C15H19N5O3/c1-9(2)8-12(15(22)23-3)16-14(21)11-6-4-10(5-7-11)13-17-19-20-18-13/h4-7,9,12H,8H2,1-3H3,(H,16,21)(H,17,18,19,20)/t12-/m0/s1. The number of aromatic amines is 1. The quantitative estimate of drug-likeness (QED) is 0.774. The van der Waals surface area contributed by atoms with Gasteiger partial charge in [-0.1, -0.05) is 26.0 Å². The van der Waals surface area contributed by atoms with Gasteiger partial charge in [-0.15, -0.1) is 10.2 Å². The van der Waals surface area contributed by atoms with E-state index in [4.69, 9.17) is 4.74 Å². The van der Waals surface area contributed by atoms with Crippen LogP contribution in [0.5, 0.6) is 0 Å². The molecule has 2 rings (SSSR count). The molecule has 8 nitrogen and oxygen atoms in total. The van der Waals surface area contributed by atoms with E-state index in [0.717, 1.165) is 5.56 Å². The number of nitrogens with zero attached hydrogens (tertiary/aromatic N) is 3. The van der Waals surface area contributed by atoms with Gasteiger partial charge >= 0.3 is 5.97 Å². The van der Waals surface area contributed by atoms with E-state index in [1.807, 2.05) is 13.8 Å². The van der Waals surface area contributed by atoms with Gasteiger partial charge in [0.05, 0.1) is 7.11 Å². The zero-order valence-electron chi connectivity index (χ0n) is 13.2. The average Bonchev–Trinajstić information content (AvgIpc) is 3.07. The Labute approximate surface area is 133 Å². The molecule has 0 aliphatic carbocycles. The van der Waals surface area contributed by atoms with Crippen molar-refractivity contribution in [1.82, 2.24) is 25.9 Å². The molecule has 0 bridgehead atoms. The molecular weight excluding hydrogens is 298 g/mol. The van der Waals surface area contributed by atoms with E-state index in [2.05, 4.69) is 25.9 Å². The van der Waals surface area contributed by atoms with Gasteiger partial charge in [-0.05, 0) is 29.7 Å². The van der Waals surface area contributed by atoms with Crippen molar-refractivity contribution in [3.05, 3.63) is 29.8 Å². The summed E-state index contributed by atoms with van der Waals surface area (Å²) in [6, 6.07) is 6.06. The van der Waals surface area contributed by atoms with Crippen molar-refractivity contribution < 1.29 is 14.3 Å². The van der Waals surface area contributed by atoms with Crippen LogP contribution >= 0.6 is 0 Å². The molecule has 0 fully saturated rings. The molecule has 2 aromatic rings. The smallest absolute Gasteiger partial charge is 0.328 e. The van der Waals surface area contributed by atoms with Crippen LogP contribution in [0.25, 0.3) is 11.4 Å². The van der Waals surface area contributed by atoms with Gasteiger partial charge in [0.15, 0.2) is 0 Å². The van der Waals surface area contributed by atoms with E-state index in [0.29, 0.717) is 17.8 Å². The summed E-state index contributed by atoms with van der Waals surface area (Å²) in [6.07, 6.45) is 0.513. The van der Waals surface area contributed by atoms with Crippen molar-refractivity contribution in [2.45, 2.75) is 26.3 Å². The second-order valence-electron chi connectivity index (χ2n) is 5.49. The highest BCUT2D eigenvalue weighted by Crippen LogP contribution is 2.14. The number of carbonyl (C=O) groups excluding carboxylic acids is 2. The lowest BCUT2D eigenvalue weighted by Gasteiger charge is -2.18. The second-order valence-corrected chi connectivity index (χ2v) is 5.49. The van der Waals surface area contributed by atoms with Gasteiger partial charge in [0.1, 0.15) is 6.04 Å². The van der Waals surface area contributed by atoms with Crippen molar-refractivity contribution in [1.29, 1.82) is 0 Å². The highest BCUT2D eigenvalue weighted by Gasteiger charge is 2.23. The van der Waals surface area contributed by atoms with E-state index in [-0.39, 0.29) is 11.8 Å². The Morgan fingerprint density at radius 3 is 2.48 bits per heavy atom. The summed E-state index contributed by atoms with van der Waals surface area (Å²) in [5.41, 5.74) is 1.18. The number of hydrogen-bond acceptors (Lipinski definition) is 6. The van der Waals surface area contributed by atoms with E-state index in [1.54, 1.807) is 24.3 Å². The predicted octanol–water partition coefficient (Wildman–Crippen LogP) is 1.18. The van der Waals surface area contributed by atoms with Crippen molar-refractivity contribution >= 4 is 11.9 Å². The Kier molecular flexibility index (Phi) is 5.40. The molecule has 2 N–H and O–H groups in total. The lowest BCUT2D eigenvalue weighted by molar-refractivity contribution is -0.143. The molecule has 1 aromatic carbocycles. The normalized spacial score (nSPS) is 12.0. The maximum Gasteiger partial charge on any atom is 0.328 e. The average molecular weight is 317 g/mol. The van der Waals surface area contributed by atoms with Crippen LogP contribution in [0, 0.1) is 5.92 Å². The molecule has 0 saturated heterocycles. The number of hydrogen-bond donors (Lipinski definition) is 2. The first-order chi connectivity index (χ1) is 11.0. The summed E-state index contributed by atoms with van der Waals surface area (Å²) in [5.74, 6) is -0.0830. The fourth-order valence-corrected chi connectivity index (χ4v) is 2.12. The highest BCUT2D eigenvalue weighted by atomic mass is 16.5. The Morgan fingerprint density at radius 1 is 1.26 bits per heavy atom. The monoisotopic (exact) mass is 317 g/mol. The number of amides is 1. The molecule has 0 radical (unpaired) electrons. The third kappa shape index (κ3) is 4.35. The SMILES string of the molecule is COC(=O)[C@H](CC(C)C)NC(=O)c1ccc(-c2nn[nH]n2)cc1. The van der Waals surface area contributed by atoms with Gasteiger partial charge in [0.25, 0.3) is 5.91 Å². The molecule has 1 atom stereocenters. The molecule has 0 aliphatic heterocycles. The molecule has 1 heterocycles. The summed E-state index contributed by atoms with van der Waals surface area (Å²) in [7, 11) is 1.31. The van der Waals surface area contributed by atoms with Crippen LogP contribution in [-0.2, 0) is 9.53 Å². The molecule has 1 amide bonds. The molecule has 23 heavy (non-hydrogen) atoms. The van der Waals surface area contributed by atoms with Crippen molar-refractivity contribution in [3.63, 3.8) is 0 Å². The van der Waals surface area contributed by atoms with Crippen LogP contribution in [-0.4, -0.2) is 45.7 Å². The number of benzene rings is 1. The van der Waals surface area contributed by atoms with Gasteiger partial charge in [-0.2, -0.15) is 5.21 Å². The number of methoxy groups -OCH3 is 1. The topological polar surface area (TPSA) is 110 Å². The van der Waals surface area contributed by atoms with Crippen LogP contribution in [0.3, 0.4) is 0 Å². The Balaban J connectivity index is 2.08. The number of carbonyl (C=O) groups is 2. The number of aromatic nitrogens is 4. The van der Waals surface area contributed by atoms with Crippen molar-refractivity contribution in [3.8, 4) is 11.4 Å². The highest BCUT2D eigenvalue weighted by molar-refractivity contribution is 5.97. The second kappa shape index (κ2) is 7.48. The minimum atomic E-state index is -0.663. The van der Waals surface area contributed by atoms with Crippen LogP contribution < -0.4 is 5.32 Å². The summed E-state index contributed by atoms with van der Waals surface area (Å²) in [6.45, 7) is 3.95. The molecule has 0 unspecified atom stereocenters. The molecule has 0 aliphatic rings. The lowest BCUT2D eigenvalue weighted by atomic mass is 10.0. The van der Waals surface area contributed by atoms with Gasteiger partial charge in [0, 0.05) is 11.1 Å². The number of tetrazole rings is 1. The Hall–Kier alpha value is -2.77. The van der Waals surface area contributed by atoms with E-state index >= 15 is 0 Å². The summed E-state index contributed by atoms with van der Waals surface area (Å²) >= 11 is 0. The lowest BCUT2D eigenvalue weighted by Crippen LogP contribution is -2.42. The van der Waals surface area contributed by atoms with E-state index in [9.17, 15) is 9.59 Å². The van der Waals surface area contributed by atoms with Crippen LogP contribution in [0.1, 0.15) is 30.6 Å². The number of ether oxygens (including phenoxy) is 1. The largest absolute Gasteiger partial charge is 0.467 e. The van der Waals surface area contributed by atoms with E-state index < -0.39 is 12.0 Å². The number of rotatable bonds is 6. The first-order valence-electron chi connectivity index (χ1n) is 7.23. The van der Waals surface area contributed by atoms with Gasteiger partial charge in [-0.3, -0.25) is 4.79 Å². The number of H-pyrrole nitrogens is 1. The van der Waals surface area contributed by atoms with Crippen LogP contribution in [0.2, 0.25) is 0 Å². The Morgan fingerprint density at radius 2 is 1.96 bits per heavy atom. The minimum Gasteiger partial charge on any atom is -0.467 e. The number of esters is 1. The first kappa shape index (κ1) is 16.6. The van der Waals surface area contributed by atoms with Gasteiger partial charge in [0.2, 0.25) is 5.82 Å². The fourth-order valence-electron chi connectivity index (χ4n) is 2.12. The molecule has 0 spiro atoms. The molecule has 8 heteroatoms. The van der Waals surface area contributed by atoms with Crippen LogP contribution in [0.4, 0.5) is 0 Å². The molecule has 122 valence electrons. The first-order valence-corrected chi connectivity index (χ1v) is 7.23. The third-order valence-electron chi connectivity index (χ3n) is 3.25. The summed E-state index contributed by atoms with van der Waals surface area (Å²) < 4.78 is 4.74. The van der Waals surface area contributed by atoms with E-state index in [1.165, 1.54) is 7.11 Å². The van der Waals surface area contributed by atoms with Crippen LogP contribution in [0.15, 0.2) is 24.3 Å². The van der Waals surface area contributed by atoms with Gasteiger partial charge in [-0.25, -0.2) is 4.79 Å². The predicted molar refractivity (Wildman–Crippen MR) is 82.3 cm³/mol. The molecular formula is C15H19N5O3. The van der Waals surface area contributed by atoms with Gasteiger partial charge < -0.3 is 10.1 Å². The minimum absolute atomic E-state index is 0.250. The maximum atomic E-state index is 12.3. The Bertz CT molecular complexity index is 652.